The molecule has 0 bridgehead atoms. The summed E-state index contributed by atoms with van der Waals surface area (Å²) in [7, 11) is 0. The number of hydrogen-bond donors (Lipinski definition) is 1. The van der Waals surface area contributed by atoms with Gasteiger partial charge >= 0.3 is 0 Å². The van der Waals surface area contributed by atoms with E-state index < -0.39 is 5.54 Å². The van der Waals surface area contributed by atoms with Crippen LogP contribution < -0.4 is 5.73 Å². The molecule has 0 aliphatic rings. The summed E-state index contributed by atoms with van der Waals surface area (Å²) in [5.41, 5.74) is 7.07. The van der Waals surface area contributed by atoms with Crippen LogP contribution in [0.1, 0.15) is 25.2 Å². The molecule has 4 nitrogen and oxygen atoms in total. The van der Waals surface area contributed by atoms with Crippen molar-refractivity contribution in [2.24, 2.45) is 5.73 Å². The average Bonchev–Trinajstić information content (AvgIpc) is 2.65. The minimum absolute atomic E-state index is 0.392. The van der Waals surface area contributed by atoms with Gasteiger partial charge in [-0.05, 0) is 38.5 Å². The summed E-state index contributed by atoms with van der Waals surface area (Å²) in [5, 5.41) is 4.45. The molecule has 0 saturated carbocycles. The zero-order valence-corrected chi connectivity index (χ0v) is 10.7. The van der Waals surface area contributed by atoms with Gasteiger partial charge in [0.15, 0.2) is 5.82 Å². The fourth-order valence-corrected chi connectivity index (χ4v) is 1.70. The molecule has 0 atom stereocenters. The summed E-state index contributed by atoms with van der Waals surface area (Å²) in [5.74, 6) is 0.854. The highest BCUT2D eigenvalue weighted by molar-refractivity contribution is 6.33. The second kappa shape index (κ2) is 4.13. The number of aromatic nitrogens is 2. The lowest BCUT2D eigenvalue weighted by Crippen LogP contribution is -2.30. The number of benzene rings is 1. The maximum absolute atomic E-state index is 6.13. The molecule has 0 amide bonds. The number of halogens is 1. The number of nitrogens with two attached hydrogens (primary N) is 1. The van der Waals surface area contributed by atoms with E-state index >= 15 is 0 Å². The quantitative estimate of drug-likeness (QED) is 0.891. The predicted octanol–water partition coefficient (Wildman–Crippen LogP) is 2.89. The molecule has 5 heteroatoms. The first-order valence-electron chi connectivity index (χ1n) is 5.27. The largest absolute Gasteiger partial charge is 0.334 e. The molecular weight excluding hydrogens is 238 g/mol. The molecule has 0 saturated heterocycles. The van der Waals surface area contributed by atoms with E-state index in [2.05, 4.69) is 10.1 Å². The zero-order valence-electron chi connectivity index (χ0n) is 9.99. The SMILES string of the molecule is Cc1ccc(-c2nc(C(C)(C)N)no2)c(Cl)c1. The summed E-state index contributed by atoms with van der Waals surface area (Å²) < 4.78 is 5.17. The van der Waals surface area contributed by atoms with Crippen molar-refractivity contribution in [3.8, 4) is 11.5 Å². The van der Waals surface area contributed by atoms with Crippen LogP contribution in [0.15, 0.2) is 22.7 Å². The lowest BCUT2D eigenvalue weighted by Gasteiger charge is -2.11. The normalized spacial score (nSPS) is 11.8. The summed E-state index contributed by atoms with van der Waals surface area (Å²) in [4.78, 5) is 4.26. The fourth-order valence-electron chi connectivity index (χ4n) is 1.39. The van der Waals surface area contributed by atoms with Crippen LogP contribution in [0.2, 0.25) is 5.02 Å². The zero-order chi connectivity index (χ0) is 12.6. The Morgan fingerprint density at radius 1 is 1.35 bits per heavy atom. The summed E-state index contributed by atoms with van der Waals surface area (Å²) >= 11 is 6.13. The molecule has 0 unspecified atom stereocenters. The second-order valence-corrected chi connectivity index (χ2v) is 5.04. The Balaban J connectivity index is 2.44. The van der Waals surface area contributed by atoms with Crippen molar-refractivity contribution in [1.29, 1.82) is 0 Å². The van der Waals surface area contributed by atoms with Gasteiger partial charge in [-0.25, -0.2) is 0 Å². The minimum Gasteiger partial charge on any atom is -0.334 e. The second-order valence-electron chi connectivity index (χ2n) is 4.63. The highest BCUT2D eigenvalue weighted by Crippen LogP contribution is 2.28. The Morgan fingerprint density at radius 2 is 2.06 bits per heavy atom. The maximum Gasteiger partial charge on any atom is 0.259 e. The van der Waals surface area contributed by atoms with E-state index in [1.54, 1.807) is 0 Å². The maximum atomic E-state index is 6.13. The van der Waals surface area contributed by atoms with Gasteiger partial charge in [-0.3, -0.25) is 0 Å². The van der Waals surface area contributed by atoms with E-state index in [-0.39, 0.29) is 0 Å². The Hall–Kier alpha value is -1.39. The number of aryl methyl sites for hydroxylation is 1. The molecule has 90 valence electrons. The third kappa shape index (κ3) is 2.48. The third-order valence-electron chi connectivity index (χ3n) is 2.36. The third-order valence-corrected chi connectivity index (χ3v) is 2.67. The Labute approximate surface area is 105 Å². The molecule has 2 N–H and O–H groups in total. The van der Waals surface area contributed by atoms with E-state index in [0.29, 0.717) is 16.7 Å². The lowest BCUT2D eigenvalue weighted by molar-refractivity contribution is 0.397. The molecule has 1 heterocycles. The minimum atomic E-state index is -0.626. The van der Waals surface area contributed by atoms with Crippen LogP contribution in [0.5, 0.6) is 0 Å². The number of nitrogens with zero attached hydrogens (tertiary/aromatic N) is 2. The van der Waals surface area contributed by atoms with E-state index in [9.17, 15) is 0 Å². The van der Waals surface area contributed by atoms with Crippen molar-refractivity contribution < 1.29 is 4.52 Å². The summed E-state index contributed by atoms with van der Waals surface area (Å²) in [6.07, 6.45) is 0. The van der Waals surface area contributed by atoms with Crippen LogP contribution in [0.3, 0.4) is 0 Å². The Kier molecular flexibility index (Phi) is 2.93. The van der Waals surface area contributed by atoms with Gasteiger partial charge in [0, 0.05) is 0 Å². The molecule has 17 heavy (non-hydrogen) atoms. The van der Waals surface area contributed by atoms with Crippen LogP contribution >= 0.6 is 11.6 Å². The molecule has 0 radical (unpaired) electrons. The molecule has 1 aromatic heterocycles. The average molecular weight is 252 g/mol. The van der Waals surface area contributed by atoms with Crippen molar-refractivity contribution in [3.05, 3.63) is 34.6 Å². The van der Waals surface area contributed by atoms with Gasteiger partial charge in [-0.1, -0.05) is 22.8 Å². The van der Waals surface area contributed by atoms with Gasteiger partial charge in [0.2, 0.25) is 0 Å². The number of hydrogen-bond acceptors (Lipinski definition) is 4. The molecule has 0 aliphatic carbocycles. The van der Waals surface area contributed by atoms with Gasteiger partial charge in [0.1, 0.15) is 0 Å². The summed E-state index contributed by atoms with van der Waals surface area (Å²) in [6.45, 7) is 5.61. The molecular formula is C12H14ClN3O. The van der Waals surface area contributed by atoms with E-state index in [0.717, 1.165) is 11.1 Å². The first-order valence-corrected chi connectivity index (χ1v) is 5.65. The van der Waals surface area contributed by atoms with Gasteiger partial charge < -0.3 is 10.3 Å². The Morgan fingerprint density at radius 3 is 2.59 bits per heavy atom. The van der Waals surface area contributed by atoms with Crippen LogP contribution in [-0.4, -0.2) is 10.1 Å². The van der Waals surface area contributed by atoms with E-state index in [1.165, 1.54) is 0 Å². The van der Waals surface area contributed by atoms with Gasteiger partial charge in [-0.15, -0.1) is 0 Å². The van der Waals surface area contributed by atoms with Crippen molar-refractivity contribution in [2.45, 2.75) is 26.3 Å². The predicted molar refractivity (Wildman–Crippen MR) is 66.7 cm³/mol. The van der Waals surface area contributed by atoms with E-state index in [1.807, 2.05) is 39.0 Å². The molecule has 0 spiro atoms. The highest BCUT2D eigenvalue weighted by Gasteiger charge is 2.22. The molecule has 0 aliphatic heterocycles. The van der Waals surface area contributed by atoms with E-state index in [4.69, 9.17) is 21.9 Å². The number of rotatable bonds is 2. The van der Waals surface area contributed by atoms with Gasteiger partial charge in [-0.2, -0.15) is 4.98 Å². The van der Waals surface area contributed by atoms with Crippen molar-refractivity contribution in [2.75, 3.05) is 0 Å². The van der Waals surface area contributed by atoms with Gasteiger partial charge in [0.05, 0.1) is 16.1 Å². The van der Waals surface area contributed by atoms with Crippen molar-refractivity contribution in [3.63, 3.8) is 0 Å². The first-order chi connectivity index (χ1) is 7.88. The molecule has 1 aromatic carbocycles. The van der Waals surface area contributed by atoms with Crippen LogP contribution in [0.25, 0.3) is 11.5 Å². The van der Waals surface area contributed by atoms with Crippen LogP contribution in [0, 0.1) is 6.92 Å². The van der Waals surface area contributed by atoms with Gasteiger partial charge in [0.25, 0.3) is 5.89 Å². The van der Waals surface area contributed by atoms with Crippen molar-refractivity contribution in [1.82, 2.24) is 10.1 Å². The summed E-state index contributed by atoms with van der Waals surface area (Å²) in [6, 6.07) is 5.66. The molecule has 2 rings (SSSR count). The topological polar surface area (TPSA) is 64.9 Å². The fraction of sp³-hybridized carbons (Fsp3) is 0.333. The lowest BCUT2D eigenvalue weighted by atomic mass is 10.1. The molecule has 0 fully saturated rings. The Bertz CT molecular complexity index is 543. The van der Waals surface area contributed by atoms with Crippen LogP contribution in [0.4, 0.5) is 0 Å². The van der Waals surface area contributed by atoms with Crippen molar-refractivity contribution >= 4 is 11.6 Å². The smallest absolute Gasteiger partial charge is 0.259 e. The molecule has 2 aromatic rings. The first kappa shape index (κ1) is 12.1. The highest BCUT2D eigenvalue weighted by atomic mass is 35.5. The monoisotopic (exact) mass is 251 g/mol. The standard InChI is InChI=1S/C12H14ClN3O/c1-7-4-5-8(9(13)6-7)10-15-11(16-17-10)12(2,3)14/h4-6H,14H2,1-3H3. The van der Waals surface area contributed by atoms with Crippen LogP contribution in [-0.2, 0) is 5.54 Å².